The number of likely N-dealkylation sites (tertiary alicyclic amines) is 1. The van der Waals surface area contributed by atoms with Gasteiger partial charge in [0.05, 0.1) is 6.61 Å². The molecule has 2 N–H and O–H groups in total. The number of halogens is 2. The monoisotopic (exact) mass is 384 g/mol. The molecule has 8 heteroatoms. The first-order chi connectivity index (χ1) is 12.5. The van der Waals surface area contributed by atoms with E-state index in [9.17, 15) is 9.18 Å². The molecular weight excluding hydrogens is 359 g/mol. The molecule has 1 amide bonds. The second-order valence-corrected chi connectivity index (χ2v) is 6.46. The van der Waals surface area contributed by atoms with Crippen molar-refractivity contribution in [2.75, 3.05) is 33.3 Å². The number of carbonyl (C=O) groups excluding carboxylic acids is 1. The fourth-order valence-corrected chi connectivity index (χ4v) is 3.14. The van der Waals surface area contributed by atoms with Gasteiger partial charge in [0, 0.05) is 43.3 Å². The van der Waals surface area contributed by atoms with Crippen molar-refractivity contribution in [2.24, 2.45) is 4.99 Å². The fraction of sp³-hybridized carbons (Fsp3) is 0.556. The van der Waals surface area contributed by atoms with Gasteiger partial charge in [-0.05, 0) is 38.3 Å². The predicted molar refractivity (Wildman–Crippen MR) is 101 cm³/mol. The number of guanidine groups is 1. The van der Waals surface area contributed by atoms with E-state index in [1.165, 1.54) is 6.07 Å². The molecule has 1 aromatic carbocycles. The molecule has 0 radical (unpaired) electrons. The van der Waals surface area contributed by atoms with E-state index in [-0.39, 0.29) is 18.0 Å². The van der Waals surface area contributed by atoms with Crippen molar-refractivity contribution in [3.05, 3.63) is 34.6 Å². The predicted octanol–water partition coefficient (Wildman–Crippen LogP) is 2.81. The largest absolute Gasteiger partial charge is 0.450 e. The second kappa shape index (κ2) is 10.2. The first-order valence-electron chi connectivity index (χ1n) is 8.87. The lowest BCUT2D eigenvalue weighted by molar-refractivity contribution is 0.0963. The molecule has 0 atom stereocenters. The Hall–Kier alpha value is -2.02. The van der Waals surface area contributed by atoms with Crippen molar-refractivity contribution >= 4 is 23.7 Å². The summed E-state index contributed by atoms with van der Waals surface area (Å²) in [4.78, 5) is 17.6. The molecule has 0 aliphatic carbocycles. The Morgan fingerprint density at radius 1 is 1.42 bits per heavy atom. The minimum absolute atomic E-state index is 0.226. The topological polar surface area (TPSA) is 66.0 Å². The van der Waals surface area contributed by atoms with Crippen LogP contribution >= 0.6 is 11.6 Å². The molecule has 1 heterocycles. The molecule has 1 fully saturated rings. The van der Waals surface area contributed by atoms with Gasteiger partial charge in [0.15, 0.2) is 5.96 Å². The van der Waals surface area contributed by atoms with Crippen molar-refractivity contribution in [1.82, 2.24) is 15.5 Å². The molecule has 0 bridgehead atoms. The number of hydrogen-bond acceptors (Lipinski definition) is 3. The standard InChI is InChI=1S/C18H26ClFN4O2/c1-3-26-18(25)24-11-8-13(9-12-24)23-17(21-2)22-10-7-14-15(19)5-4-6-16(14)20/h4-6,13H,3,7-12H2,1-2H3,(H2,21,22,23). The van der Waals surface area contributed by atoms with Gasteiger partial charge >= 0.3 is 6.09 Å². The Balaban J connectivity index is 1.76. The third-order valence-corrected chi connectivity index (χ3v) is 4.67. The van der Waals surface area contributed by atoms with Crippen LogP contribution in [0.4, 0.5) is 9.18 Å². The van der Waals surface area contributed by atoms with Gasteiger partial charge in [-0.2, -0.15) is 0 Å². The molecule has 1 aliphatic rings. The van der Waals surface area contributed by atoms with Gasteiger partial charge in [-0.25, -0.2) is 9.18 Å². The third kappa shape index (κ3) is 5.76. The summed E-state index contributed by atoms with van der Waals surface area (Å²) in [6.07, 6.45) is 1.85. The summed E-state index contributed by atoms with van der Waals surface area (Å²) in [7, 11) is 1.69. The molecule has 0 aromatic heterocycles. The van der Waals surface area contributed by atoms with Crippen molar-refractivity contribution < 1.29 is 13.9 Å². The Morgan fingerprint density at radius 2 is 2.15 bits per heavy atom. The number of ether oxygens (including phenoxy) is 1. The van der Waals surface area contributed by atoms with Crippen LogP contribution in [0.1, 0.15) is 25.3 Å². The van der Waals surface area contributed by atoms with E-state index in [2.05, 4.69) is 15.6 Å². The van der Waals surface area contributed by atoms with Crippen LogP contribution < -0.4 is 10.6 Å². The lowest BCUT2D eigenvalue weighted by Gasteiger charge is -2.32. The lowest BCUT2D eigenvalue weighted by Crippen LogP contribution is -2.50. The maximum absolute atomic E-state index is 13.8. The number of amides is 1. The van der Waals surface area contributed by atoms with Crippen LogP contribution in [-0.2, 0) is 11.2 Å². The van der Waals surface area contributed by atoms with E-state index < -0.39 is 0 Å². The van der Waals surface area contributed by atoms with E-state index >= 15 is 0 Å². The van der Waals surface area contributed by atoms with Crippen molar-refractivity contribution in [1.29, 1.82) is 0 Å². The molecule has 6 nitrogen and oxygen atoms in total. The molecule has 0 spiro atoms. The Morgan fingerprint density at radius 3 is 2.77 bits per heavy atom. The molecule has 0 unspecified atom stereocenters. The molecule has 26 heavy (non-hydrogen) atoms. The minimum atomic E-state index is -0.298. The number of nitrogens with one attached hydrogen (secondary N) is 2. The highest BCUT2D eigenvalue weighted by Gasteiger charge is 2.24. The summed E-state index contributed by atoms with van der Waals surface area (Å²) < 4.78 is 18.8. The Bertz CT molecular complexity index is 613. The van der Waals surface area contributed by atoms with E-state index in [4.69, 9.17) is 16.3 Å². The first kappa shape index (κ1) is 20.3. The summed E-state index contributed by atoms with van der Waals surface area (Å²) in [5.41, 5.74) is 0.500. The van der Waals surface area contributed by atoms with E-state index in [0.717, 1.165) is 12.8 Å². The van der Waals surface area contributed by atoms with Crippen LogP contribution in [0.3, 0.4) is 0 Å². The van der Waals surface area contributed by atoms with E-state index in [1.807, 2.05) is 0 Å². The number of carbonyl (C=O) groups is 1. The molecule has 0 saturated carbocycles. The summed E-state index contributed by atoms with van der Waals surface area (Å²) in [6.45, 7) is 4.01. The van der Waals surface area contributed by atoms with E-state index in [0.29, 0.717) is 49.2 Å². The normalized spacial score (nSPS) is 15.7. The van der Waals surface area contributed by atoms with Crippen LogP contribution in [0.15, 0.2) is 23.2 Å². The van der Waals surface area contributed by atoms with Crippen molar-refractivity contribution in [3.63, 3.8) is 0 Å². The highest BCUT2D eigenvalue weighted by Crippen LogP contribution is 2.19. The molecule has 144 valence electrons. The third-order valence-electron chi connectivity index (χ3n) is 4.31. The quantitative estimate of drug-likeness (QED) is 0.605. The zero-order chi connectivity index (χ0) is 18.9. The highest BCUT2D eigenvalue weighted by molar-refractivity contribution is 6.31. The molecule has 1 saturated heterocycles. The SMILES string of the molecule is CCOC(=O)N1CCC(NC(=NC)NCCc2c(F)cccc2Cl)CC1. The van der Waals surface area contributed by atoms with Crippen LogP contribution in [0.5, 0.6) is 0 Å². The molecule has 1 aliphatic heterocycles. The van der Waals surface area contributed by atoms with Crippen LogP contribution in [-0.4, -0.2) is 56.3 Å². The van der Waals surface area contributed by atoms with Gasteiger partial charge in [0.2, 0.25) is 0 Å². The zero-order valence-corrected chi connectivity index (χ0v) is 16.0. The molecular formula is C18H26ClFN4O2. The Kier molecular flexibility index (Phi) is 7.97. The average molecular weight is 385 g/mol. The number of piperidine rings is 1. The smallest absolute Gasteiger partial charge is 0.409 e. The minimum Gasteiger partial charge on any atom is -0.450 e. The molecule has 1 aromatic rings. The summed E-state index contributed by atoms with van der Waals surface area (Å²) in [5.74, 6) is 0.362. The maximum Gasteiger partial charge on any atom is 0.409 e. The van der Waals surface area contributed by atoms with Gasteiger partial charge in [-0.15, -0.1) is 0 Å². The maximum atomic E-state index is 13.8. The van der Waals surface area contributed by atoms with Crippen LogP contribution in [0.2, 0.25) is 5.02 Å². The van der Waals surface area contributed by atoms with Gasteiger partial charge < -0.3 is 20.3 Å². The van der Waals surface area contributed by atoms with Crippen molar-refractivity contribution in [2.45, 2.75) is 32.2 Å². The summed E-state index contributed by atoms with van der Waals surface area (Å²) in [5, 5.41) is 6.96. The van der Waals surface area contributed by atoms with Gasteiger partial charge in [-0.3, -0.25) is 4.99 Å². The zero-order valence-electron chi connectivity index (χ0n) is 15.2. The van der Waals surface area contributed by atoms with Crippen LogP contribution in [0, 0.1) is 5.82 Å². The van der Waals surface area contributed by atoms with Crippen LogP contribution in [0.25, 0.3) is 0 Å². The Labute approximate surface area is 158 Å². The van der Waals surface area contributed by atoms with E-state index in [1.54, 1.807) is 31.0 Å². The number of nitrogens with zero attached hydrogens (tertiary/aromatic N) is 2. The molecule has 2 rings (SSSR count). The average Bonchev–Trinajstić information content (AvgIpc) is 2.64. The van der Waals surface area contributed by atoms with Gasteiger partial charge in [0.1, 0.15) is 5.82 Å². The van der Waals surface area contributed by atoms with Gasteiger partial charge in [-0.1, -0.05) is 17.7 Å². The lowest BCUT2D eigenvalue weighted by atomic mass is 10.1. The number of rotatable bonds is 5. The summed E-state index contributed by atoms with van der Waals surface area (Å²) >= 11 is 6.04. The number of hydrogen-bond donors (Lipinski definition) is 2. The van der Waals surface area contributed by atoms with Crippen molar-refractivity contribution in [3.8, 4) is 0 Å². The van der Waals surface area contributed by atoms with Gasteiger partial charge in [0.25, 0.3) is 0 Å². The first-order valence-corrected chi connectivity index (χ1v) is 9.24. The number of aliphatic imine (C=N–C) groups is 1. The summed E-state index contributed by atoms with van der Waals surface area (Å²) in [6, 6.07) is 4.91. The fourth-order valence-electron chi connectivity index (χ4n) is 2.89. The highest BCUT2D eigenvalue weighted by atomic mass is 35.5. The second-order valence-electron chi connectivity index (χ2n) is 6.05. The number of benzene rings is 1.